The molecule has 1 aromatic rings. The summed E-state index contributed by atoms with van der Waals surface area (Å²) < 4.78 is 13.5. The van der Waals surface area contributed by atoms with Gasteiger partial charge in [0.1, 0.15) is 5.82 Å². The quantitative estimate of drug-likeness (QED) is 0.727. The summed E-state index contributed by atoms with van der Waals surface area (Å²) in [6.45, 7) is 6.82. The number of halogens is 2. The molecule has 1 N–H and O–H groups in total. The van der Waals surface area contributed by atoms with Gasteiger partial charge < -0.3 is 5.11 Å². The molecule has 0 aliphatic heterocycles. The summed E-state index contributed by atoms with van der Waals surface area (Å²) in [5.74, 6) is 0.243. The molecule has 0 aromatic heterocycles. The van der Waals surface area contributed by atoms with E-state index in [-0.39, 0.29) is 10.4 Å². The van der Waals surface area contributed by atoms with Gasteiger partial charge in [0.05, 0.1) is 10.6 Å². The fraction of sp³-hybridized carbons (Fsp3) is 0.667. The molecule has 1 fully saturated rings. The van der Waals surface area contributed by atoms with Crippen molar-refractivity contribution in [3.63, 3.8) is 0 Å². The molecule has 0 spiro atoms. The molecule has 2 unspecified atom stereocenters. The molecule has 1 aliphatic rings. The van der Waals surface area contributed by atoms with Crippen LogP contribution < -0.4 is 0 Å². The van der Waals surface area contributed by atoms with E-state index in [4.69, 9.17) is 11.6 Å². The SMILES string of the molecule is CC(C)(C)C1CCCC(O)(Cc2ccc(Cl)c(F)c2)CC1. The third-order valence-electron chi connectivity index (χ3n) is 4.89. The summed E-state index contributed by atoms with van der Waals surface area (Å²) in [6, 6.07) is 4.84. The van der Waals surface area contributed by atoms with Crippen molar-refractivity contribution in [3.8, 4) is 0 Å². The van der Waals surface area contributed by atoms with Crippen molar-refractivity contribution < 1.29 is 9.50 Å². The molecule has 2 rings (SSSR count). The van der Waals surface area contributed by atoms with Crippen LogP contribution in [0.4, 0.5) is 4.39 Å². The summed E-state index contributed by atoms with van der Waals surface area (Å²) in [7, 11) is 0. The Morgan fingerprint density at radius 3 is 2.62 bits per heavy atom. The molecular formula is C18H26ClFO. The van der Waals surface area contributed by atoms with Gasteiger partial charge in [-0.3, -0.25) is 0 Å². The normalized spacial score (nSPS) is 27.4. The van der Waals surface area contributed by atoms with Crippen LogP contribution in [0.2, 0.25) is 5.02 Å². The lowest BCUT2D eigenvalue weighted by Crippen LogP contribution is -2.31. The molecule has 0 bridgehead atoms. The molecule has 0 radical (unpaired) electrons. The summed E-state index contributed by atoms with van der Waals surface area (Å²) in [5, 5.41) is 11.0. The predicted molar refractivity (Wildman–Crippen MR) is 86.1 cm³/mol. The number of rotatable bonds is 2. The topological polar surface area (TPSA) is 20.2 Å². The highest BCUT2D eigenvalue weighted by Crippen LogP contribution is 2.40. The van der Waals surface area contributed by atoms with Gasteiger partial charge in [0.25, 0.3) is 0 Å². The number of hydrogen-bond donors (Lipinski definition) is 1. The van der Waals surface area contributed by atoms with Gasteiger partial charge in [-0.2, -0.15) is 0 Å². The third-order valence-corrected chi connectivity index (χ3v) is 5.20. The summed E-state index contributed by atoms with van der Waals surface area (Å²) in [6.07, 6.45) is 5.34. The second kappa shape index (κ2) is 6.26. The van der Waals surface area contributed by atoms with E-state index in [0.29, 0.717) is 12.3 Å². The average molecular weight is 313 g/mol. The first-order valence-corrected chi connectivity index (χ1v) is 8.24. The second-order valence-electron chi connectivity index (χ2n) is 7.64. The van der Waals surface area contributed by atoms with Crippen LogP contribution in [-0.2, 0) is 6.42 Å². The molecule has 118 valence electrons. The van der Waals surface area contributed by atoms with Crippen LogP contribution in [0.15, 0.2) is 18.2 Å². The molecule has 1 aromatic carbocycles. The highest BCUT2D eigenvalue weighted by Gasteiger charge is 2.34. The van der Waals surface area contributed by atoms with Crippen LogP contribution in [0.5, 0.6) is 0 Å². The molecule has 0 saturated heterocycles. The van der Waals surface area contributed by atoms with Crippen molar-refractivity contribution in [2.45, 2.75) is 64.9 Å². The van der Waals surface area contributed by atoms with Crippen molar-refractivity contribution >= 4 is 11.6 Å². The zero-order valence-electron chi connectivity index (χ0n) is 13.3. The van der Waals surface area contributed by atoms with E-state index in [1.807, 2.05) is 6.07 Å². The zero-order valence-corrected chi connectivity index (χ0v) is 14.0. The molecule has 1 saturated carbocycles. The second-order valence-corrected chi connectivity index (χ2v) is 8.05. The van der Waals surface area contributed by atoms with Gasteiger partial charge in [-0.15, -0.1) is 0 Å². The first-order chi connectivity index (χ1) is 9.70. The predicted octanol–water partition coefficient (Wildman–Crippen LogP) is 5.38. The maximum Gasteiger partial charge on any atom is 0.142 e. The average Bonchev–Trinajstić information content (AvgIpc) is 2.55. The van der Waals surface area contributed by atoms with Gasteiger partial charge in [-0.1, -0.05) is 44.9 Å². The van der Waals surface area contributed by atoms with Gasteiger partial charge in [0.15, 0.2) is 0 Å². The Morgan fingerprint density at radius 2 is 2.00 bits per heavy atom. The minimum atomic E-state index is -0.708. The molecule has 1 nitrogen and oxygen atoms in total. The lowest BCUT2D eigenvalue weighted by molar-refractivity contribution is 0.0225. The van der Waals surface area contributed by atoms with Crippen LogP contribution in [0, 0.1) is 17.2 Å². The fourth-order valence-corrected chi connectivity index (χ4v) is 3.58. The van der Waals surface area contributed by atoms with Crippen molar-refractivity contribution in [1.82, 2.24) is 0 Å². The van der Waals surface area contributed by atoms with Crippen LogP contribution in [0.1, 0.15) is 58.4 Å². The largest absolute Gasteiger partial charge is 0.390 e. The van der Waals surface area contributed by atoms with Crippen LogP contribution >= 0.6 is 11.6 Å². The number of benzene rings is 1. The monoisotopic (exact) mass is 312 g/mol. The molecule has 21 heavy (non-hydrogen) atoms. The Hall–Kier alpha value is -0.600. The smallest absolute Gasteiger partial charge is 0.142 e. The Kier molecular flexibility index (Phi) is 4.99. The minimum absolute atomic E-state index is 0.138. The molecule has 0 heterocycles. The van der Waals surface area contributed by atoms with E-state index < -0.39 is 11.4 Å². The highest BCUT2D eigenvalue weighted by molar-refractivity contribution is 6.30. The lowest BCUT2D eigenvalue weighted by atomic mass is 9.76. The van der Waals surface area contributed by atoms with E-state index in [9.17, 15) is 9.50 Å². The van der Waals surface area contributed by atoms with Crippen molar-refractivity contribution in [2.24, 2.45) is 11.3 Å². The molecule has 1 aliphatic carbocycles. The zero-order chi connectivity index (χ0) is 15.7. The van der Waals surface area contributed by atoms with Crippen molar-refractivity contribution in [2.75, 3.05) is 0 Å². The Bertz CT molecular complexity index is 494. The van der Waals surface area contributed by atoms with E-state index in [0.717, 1.165) is 31.2 Å². The summed E-state index contributed by atoms with van der Waals surface area (Å²) in [5.41, 5.74) is 0.409. The first-order valence-electron chi connectivity index (χ1n) is 7.86. The van der Waals surface area contributed by atoms with Crippen LogP contribution in [0.25, 0.3) is 0 Å². The number of aliphatic hydroxyl groups is 1. The van der Waals surface area contributed by atoms with E-state index in [1.54, 1.807) is 6.07 Å². The van der Waals surface area contributed by atoms with Crippen molar-refractivity contribution in [1.29, 1.82) is 0 Å². The van der Waals surface area contributed by atoms with E-state index in [1.165, 1.54) is 12.5 Å². The summed E-state index contributed by atoms with van der Waals surface area (Å²) in [4.78, 5) is 0. The Labute approximate surface area is 132 Å². The Balaban J connectivity index is 2.06. The molecule has 0 amide bonds. The first kappa shape index (κ1) is 16.8. The van der Waals surface area contributed by atoms with Gasteiger partial charge in [0.2, 0.25) is 0 Å². The van der Waals surface area contributed by atoms with Gasteiger partial charge in [-0.05, 0) is 54.7 Å². The lowest BCUT2D eigenvalue weighted by Gasteiger charge is -2.31. The fourth-order valence-electron chi connectivity index (χ4n) is 3.46. The molecule has 2 atom stereocenters. The van der Waals surface area contributed by atoms with Crippen molar-refractivity contribution in [3.05, 3.63) is 34.6 Å². The minimum Gasteiger partial charge on any atom is -0.390 e. The molecule has 3 heteroatoms. The van der Waals surface area contributed by atoms with Gasteiger partial charge in [0, 0.05) is 6.42 Å². The number of hydrogen-bond acceptors (Lipinski definition) is 1. The van der Waals surface area contributed by atoms with E-state index >= 15 is 0 Å². The van der Waals surface area contributed by atoms with E-state index in [2.05, 4.69) is 20.8 Å². The third kappa shape index (κ3) is 4.43. The van der Waals surface area contributed by atoms with Gasteiger partial charge >= 0.3 is 0 Å². The van der Waals surface area contributed by atoms with Crippen LogP contribution in [-0.4, -0.2) is 10.7 Å². The van der Waals surface area contributed by atoms with Gasteiger partial charge in [-0.25, -0.2) is 4.39 Å². The van der Waals surface area contributed by atoms with Crippen LogP contribution in [0.3, 0.4) is 0 Å². The summed E-state index contributed by atoms with van der Waals surface area (Å²) >= 11 is 5.72. The maximum absolute atomic E-state index is 13.5. The maximum atomic E-state index is 13.5. The highest BCUT2D eigenvalue weighted by atomic mass is 35.5. The molecular weight excluding hydrogens is 287 g/mol. The standard InChI is InChI=1S/C18H26ClFO/c1-17(2,3)14-5-4-9-18(21,10-8-14)12-13-6-7-15(19)16(20)11-13/h6-7,11,14,21H,4-5,8-10,12H2,1-3H3. The Morgan fingerprint density at radius 1 is 1.29 bits per heavy atom.